The van der Waals surface area contributed by atoms with Crippen LogP contribution in [0.15, 0.2) is 47.4 Å². The maximum Gasteiger partial charge on any atom is 0.234 e. The van der Waals surface area contributed by atoms with E-state index in [1.165, 1.54) is 6.07 Å². The van der Waals surface area contributed by atoms with Crippen molar-refractivity contribution >= 4 is 51.6 Å². The fourth-order valence-corrected chi connectivity index (χ4v) is 2.77. The average molecular weight is 402 g/mol. The highest BCUT2D eigenvalue weighted by molar-refractivity contribution is 14.1. The maximum atomic E-state index is 13.6. The second kappa shape index (κ2) is 6.94. The van der Waals surface area contributed by atoms with Gasteiger partial charge in [0.25, 0.3) is 0 Å². The Morgan fingerprint density at radius 3 is 2.75 bits per heavy atom. The van der Waals surface area contributed by atoms with E-state index in [0.29, 0.717) is 10.6 Å². The topological polar surface area (TPSA) is 55.1 Å². The Balaban J connectivity index is 1.94. The Morgan fingerprint density at radius 1 is 1.30 bits per heavy atom. The number of hydrogen-bond donors (Lipinski definition) is 2. The van der Waals surface area contributed by atoms with Gasteiger partial charge in [0.2, 0.25) is 5.91 Å². The van der Waals surface area contributed by atoms with Crippen LogP contribution in [0.4, 0.5) is 15.8 Å². The van der Waals surface area contributed by atoms with Crippen LogP contribution in [0.2, 0.25) is 0 Å². The Labute approximate surface area is 134 Å². The highest BCUT2D eigenvalue weighted by Crippen LogP contribution is 2.24. The molecule has 0 fully saturated rings. The first kappa shape index (κ1) is 15.1. The Morgan fingerprint density at radius 2 is 2.05 bits per heavy atom. The van der Waals surface area contributed by atoms with Gasteiger partial charge in [0.1, 0.15) is 5.82 Å². The number of nitrogen functional groups attached to an aromatic ring is 1. The van der Waals surface area contributed by atoms with Crippen LogP contribution in [0.1, 0.15) is 0 Å². The molecule has 0 spiro atoms. The lowest BCUT2D eigenvalue weighted by Gasteiger charge is -2.07. The Bertz CT molecular complexity index is 636. The van der Waals surface area contributed by atoms with Crippen molar-refractivity contribution in [2.24, 2.45) is 0 Å². The zero-order chi connectivity index (χ0) is 14.5. The van der Waals surface area contributed by atoms with Gasteiger partial charge in [0.15, 0.2) is 0 Å². The summed E-state index contributed by atoms with van der Waals surface area (Å²) in [7, 11) is 0. The standard InChI is InChI=1S/C14H12FIN2OS/c15-10-7-9(17)5-6-13(10)20-8-14(19)18-12-4-2-1-3-11(12)16/h1-7H,8,17H2,(H,18,19). The molecule has 2 aromatic carbocycles. The van der Waals surface area contributed by atoms with Gasteiger partial charge >= 0.3 is 0 Å². The minimum Gasteiger partial charge on any atom is -0.399 e. The Hall–Kier alpha value is -1.28. The number of amides is 1. The van der Waals surface area contributed by atoms with E-state index in [1.807, 2.05) is 24.3 Å². The molecule has 0 saturated carbocycles. The molecule has 0 radical (unpaired) electrons. The molecule has 0 aliphatic carbocycles. The summed E-state index contributed by atoms with van der Waals surface area (Å²) < 4.78 is 14.5. The number of carbonyl (C=O) groups is 1. The quantitative estimate of drug-likeness (QED) is 0.466. The van der Waals surface area contributed by atoms with Gasteiger partial charge in [-0.05, 0) is 52.9 Å². The molecule has 3 nitrogen and oxygen atoms in total. The summed E-state index contributed by atoms with van der Waals surface area (Å²) in [5.74, 6) is -0.432. The van der Waals surface area contributed by atoms with Crippen LogP contribution in [0.3, 0.4) is 0 Å². The number of nitrogens with one attached hydrogen (secondary N) is 1. The van der Waals surface area contributed by atoms with E-state index in [1.54, 1.807) is 12.1 Å². The fourth-order valence-electron chi connectivity index (χ4n) is 1.53. The highest BCUT2D eigenvalue weighted by Gasteiger charge is 2.08. The molecule has 0 aromatic heterocycles. The number of para-hydroxylation sites is 1. The van der Waals surface area contributed by atoms with Crippen LogP contribution in [-0.4, -0.2) is 11.7 Å². The van der Waals surface area contributed by atoms with E-state index in [0.717, 1.165) is 21.0 Å². The van der Waals surface area contributed by atoms with Crippen molar-refractivity contribution in [3.63, 3.8) is 0 Å². The highest BCUT2D eigenvalue weighted by atomic mass is 127. The molecular formula is C14H12FIN2OS. The molecule has 0 aliphatic rings. The molecule has 0 aliphatic heterocycles. The fraction of sp³-hybridized carbons (Fsp3) is 0.0714. The SMILES string of the molecule is Nc1ccc(SCC(=O)Nc2ccccc2I)c(F)c1. The molecule has 0 unspecified atom stereocenters. The second-order valence-electron chi connectivity index (χ2n) is 4.01. The lowest BCUT2D eigenvalue weighted by molar-refractivity contribution is -0.113. The van der Waals surface area contributed by atoms with Crippen molar-refractivity contribution in [3.8, 4) is 0 Å². The largest absolute Gasteiger partial charge is 0.399 e. The van der Waals surface area contributed by atoms with Gasteiger partial charge in [0, 0.05) is 14.2 Å². The van der Waals surface area contributed by atoms with E-state index < -0.39 is 5.82 Å². The van der Waals surface area contributed by atoms with Crippen LogP contribution in [0.5, 0.6) is 0 Å². The average Bonchev–Trinajstić information content (AvgIpc) is 2.40. The molecule has 2 aromatic rings. The van der Waals surface area contributed by atoms with Crippen LogP contribution >= 0.6 is 34.4 Å². The second-order valence-corrected chi connectivity index (χ2v) is 6.19. The van der Waals surface area contributed by atoms with Crippen LogP contribution in [0, 0.1) is 9.39 Å². The van der Waals surface area contributed by atoms with E-state index in [-0.39, 0.29) is 11.7 Å². The summed E-state index contributed by atoms with van der Waals surface area (Å²) in [6, 6.07) is 11.9. The third-order valence-corrected chi connectivity index (χ3v) is 4.45. The Kier molecular flexibility index (Phi) is 5.24. The number of benzene rings is 2. The minimum absolute atomic E-state index is 0.145. The van der Waals surface area contributed by atoms with Crippen molar-refractivity contribution < 1.29 is 9.18 Å². The normalized spacial score (nSPS) is 10.3. The third-order valence-electron chi connectivity index (χ3n) is 2.46. The van der Waals surface area contributed by atoms with Crippen LogP contribution in [-0.2, 0) is 4.79 Å². The number of nitrogens with two attached hydrogens (primary N) is 1. The number of anilines is 2. The molecule has 0 bridgehead atoms. The summed E-state index contributed by atoms with van der Waals surface area (Å²) in [4.78, 5) is 12.2. The van der Waals surface area contributed by atoms with E-state index in [2.05, 4.69) is 27.9 Å². The van der Waals surface area contributed by atoms with Crippen LogP contribution in [0.25, 0.3) is 0 Å². The van der Waals surface area contributed by atoms with Crippen molar-refractivity contribution in [1.82, 2.24) is 0 Å². The monoisotopic (exact) mass is 402 g/mol. The molecule has 0 heterocycles. The molecule has 20 heavy (non-hydrogen) atoms. The summed E-state index contributed by atoms with van der Waals surface area (Å²) in [5, 5.41) is 2.80. The first-order valence-electron chi connectivity index (χ1n) is 5.78. The van der Waals surface area contributed by atoms with Gasteiger partial charge in [-0.15, -0.1) is 11.8 Å². The molecular weight excluding hydrogens is 390 g/mol. The van der Waals surface area contributed by atoms with Gasteiger partial charge < -0.3 is 11.1 Å². The van der Waals surface area contributed by atoms with Crippen molar-refractivity contribution in [3.05, 3.63) is 51.9 Å². The number of halogens is 2. The molecule has 2 rings (SSSR count). The third kappa shape index (κ3) is 4.11. The van der Waals surface area contributed by atoms with Gasteiger partial charge in [-0.25, -0.2) is 4.39 Å². The molecule has 1 amide bonds. The van der Waals surface area contributed by atoms with Gasteiger partial charge in [-0.1, -0.05) is 12.1 Å². The molecule has 0 saturated heterocycles. The smallest absolute Gasteiger partial charge is 0.234 e. The van der Waals surface area contributed by atoms with Crippen molar-refractivity contribution in [1.29, 1.82) is 0 Å². The first-order chi connectivity index (χ1) is 9.56. The van der Waals surface area contributed by atoms with E-state index >= 15 is 0 Å². The number of carbonyl (C=O) groups excluding carboxylic acids is 1. The number of thioether (sulfide) groups is 1. The zero-order valence-corrected chi connectivity index (χ0v) is 13.4. The lowest BCUT2D eigenvalue weighted by atomic mass is 10.3. The van der Waals surface area contributed by atoms with E-state index in [4.69, 9.17) is 5.73 Å². The van der Waals surface area contributed by atoms with Crippen molar-refractivity contribution in [2.75, 3.05) is 16.8 Å². The van der Waals surface area contributed by atoms with Gasteiger partial charge in [0.05, 0.1) is 11.4 Å². The van der Waals surface area contributed by atoms with Crippen LogP contribution < -0.4 is 11.1 Å². The molecule has 0 atom stereocenters. The van der Waals surface area contributed by atoms with Gasteiger partial charge in [-0.2, -0.15) is 0 Å². The summed E-state index contributed by atoms with van der Waals surface area (Å²) in [5.41, 5.74) is 6.60. The predicted molar refractivity (Wildman–Crippen MR) is 89.3 cm³/mol. The minimum atomic E-state index is -0.405. The van der Waals surface area contributed by atoms with E-state index in [9.17, 15) is 9.18 Å². The molecule has 104 valence electrons. The summed E-state index contributed by atoms with van der Waals surface area (Å²) in [6.07, 6.45) is 0. The van der Waals surface area contributed by atoms with Crippen molar-refractivity contribution in [2.45, 2.75) is 4.90 Å². The zero-order valence-electron chi connectivity index (χ0n) is 10.4. The number of rotatable bonds is 4. The van der Waals surface area contributed by atoms with Gasteiger partial charge in [-0.3, -0.25) is 4.79 Å². The molecule has 3 N–H and O–H groups in total. The molecule has 6 heteroatoms. The maximum absolute atomic E-state index is 13.6. The predicted octanol–water partition coefficient (Wildman–Crippen LogP) is 3.74. The number of hydrogen-bond acceptors (Lipinski definition) is 3. The first-order valence-corrected chi connectivity index (χ1v) is 7.85. The summed E-state index contributed by atoms with van der Waals surface area (Å²) >= 11 is 3.29. The lowest BCUT2D eigenvalue weighted by Crippen LogP contribution is -2.14. The summed E-state index contributed by atoms with van der Waals surface area (Å²) in [6.45, 7) is 0.